The predicted octanol–water partition coefficient (Wildman–Crippen LogP) is 1.47. The number of hydrogen-bond donors (Lipinski definition) is 1. The molecule has 2 rings (SSSR count). The molecule has 1 aliphatic rings. The van der Waals surface area contributed by atoms with Crippen molar-refractivity contribution in [2.45, 2.75) is 26.7 Å². The van der Waals surface area contributed by atoms with Gasteiger partial charge in [0.15, 0.2) is 0 Å². The van der Waals surface area contributed by atoms with Crippen molar-refractivity contribution in [3.63, 3.8) is 0 Å². The second-order valence-corrected chi connectivity index (χ2v) is 6.96. The average Bonchev–Trinajstić information content (AvgIpc) is 2.40. The van der Waals surface area contributed by atoms with E-state index in [2.05, 4.69) is 26.5 Å². The van der Waals surface area contributed by atoms with E-state index in [0.29, 0.717) is 11.6 Å². The molecule has 1 fully saturated rings. The fraction of sp³-hybridized carbons (Fsp3) is 0.667. The van der Waals surface area contributed by atoms with Crippen LogP contribution in [0.25, 0.3) is 0 Å². The van der Waals surface area contributed by atoms with Crippen LogP contribution < -0.4 is 9.62 Å². The third-order valence-electron chi connectivity index (χ3n) is 3.36. The van der Waals surface area contributed by atoms with Crippen molar-refractivity contribution in [3.8, 4) is 0 Å². The number of hydrogen-bond acceptors (Lipinski definition) is 5. The van der Waals surface area contributed by atoms with Crippen LogP contribution in [0.15, 0.2) is 12.4 Å². The van der Waals surface area contributed by atoms with Crippen molar-refractivity contribution in [2.24, 2.45) is 5.92 Å². The molecule has 0 saturated carbocycles. The van der Waals surface area contributed by atoms with Crippen molar-refractivity contribution in [1.29, 1.82) is 0 Å². The Hall–Kier alpha value is -1.37. The minimum Gasteiger partial charge on any atom is -0.341 e. The maximum atomic E-state index is 11.4. The fourth-order valence-electron chi connectivity index (χ4n) is 2.00. The molecule has 0 radical (unpaired) electrons. The van der Waals surface area contributed by atoms with Crippen LogP contribution in [-0.2, 0) is 10.0 Å². The third kappa shape index (κ3) is 3.79. The molecule has 1 N–H and O–H groups in total. The summed E-state index contributed by atoms with van der Waals surface area (Å²) >= 11 is 0. The molecule has 1 aliphatic heterocycles. The first-order chi connectivity index (χ1) is 9.00. The Morgan fingerprint density at radius 3 is 2.42 bits per heavy atom. The van der Waals surface area contributed by atoms with Gasteiger partial charge >= 0.3 is 0 Å². The van der Waals surface area contributed by atoms with Crippen molar-refractivity contribution in [2.75, 3.05) is 28.5 Å². The maximum absolute atomic E-state index is 11.4. The Bertz CT molecular complexity index is 507. The molecule has 1 aromatic heterocycles. The van der Waals surface area contributed by atoms with Gasteiger partial charge in [-0.25, -0.2) is 18.4 Å². The molecule has 1 saturated heterocycles. The summed E-state index contributed by atoms with van der Waals surface area (Å²) in [5.41, 5.74) is 0.413. The zero-order chi connectivity index (χ0) is 13.9. The first kappa shape index (κ1) is 14.0. The van der Waals surface area contributed by atoms with Crippen molar-refractivity contribution in [1.82, 2.24) is 9.97 Å². The SMILES string of the molecule is CCS(=O)(=O)Nc1cnc(N2CCC(C)CC2)nc1. The van der Waals surface area contributed by atoms with Gasteiger partial charge in [0, 0.05) is 13.1 Å². The van der Waals surface area contributed by atoms with E-state index in [4.69, 9.17) is 0 Å². The number of anilines is 2. The van der Waals surface area contributed by atoms with Crippen LogP contribution in [-0.4, -0.2) is 37.2 Å². The number of nitrogens with one attached hydrogen (secondary N) is 1. The van der Waals surface area contributed by atoms with Crippen molar-refractivity contribution >= 4 is 21.7 Å². The van der Waals surface area contributed by atoms with E-state index in [1.165, 1.54) is 12.4 Å². The van der Waals surface area contributed by atoms with Crippen molar-refractivity contribution in [3.05, 3.63) is 12.4 Å². The lowest BCUT2D eigenvalue weighted by molar-refractivity contribution is 0.434. The summed E-state index contributed by atoms with van der Waals surface area (Å²) in [6.07, 6.45) is 5.34. The summed E-state index contributed by atoms with van der Waals surface area (Å²) < 4.78 is 25.3. The van der Waals surface area contributed by atoms with Crippen LogP contribution in [0, 0.1) is 5.92 Å². The molecular weight excluding hydrogens is 264 g/mol. The molecule has 0 amide bonds. The number of rotatable bonds is 4. The molecule has 0 aromatic carbocycles. The monoisotopic (exact) mass is 284 g/mol. The van der Waals surface area contributed by atoms with E-state index in [9.17, 15) is 8.42 Å². The van der Waals surface area contributed by atoms with E-state index < -0.39 is 10.0 Å². The standard InChI is InChI=1S/C12H20N4O2S/c1-3-19(17,18)15-11-8-13-12(14-9-11)16-6-4-10(2)5-7-16/h8-10,15H,3-7H2,1-2H3. The van der Waals surface area contributed by atoms with Crippen LogP contribution in [0.1, 0.15) is 26.7 Å². The van der Waals surface area contributed by atoms with E-state index in [-0.39, 0.29) is 5.75 Å². The molecule has 0 atom stereocenters. The largest absolute Gasteiger partial charge is 0.341 e. The topological polar surface area (TPSA) is 75.2 Å². The second kappa shape index (κ2) is 5.73. The summed E-state index contributed by atoms with van der Waals surface area (Å²) in [6, 6.07) is 0. The molecule has 0 bridgehead atoms. The van der Waals surface area contributed by atoms with Gasteiger partial charge in [0.1, 0.15) is 0 Å². The summed E-state index contributed by atoms with van der Waals surface area (Å²) in [5, 5.41) is 0. The molecule has 19 heavy (non-hydrogen) atoms. The normalized spacial score (nSPS) is 17.5. The molecule has 6 nitrogen and oxygen atoms in total. The Morgan fingerprint density at radius 1 is 1.32 bits per heavy atom. The Labute approximate surface area is 114 Å². The summed E-state index contributed by atoms with van der Waals surface area (Å²) in [7, 11) is -3.26. The minimum atomic E-state index is -3.26. The lowest BCUT2D eigenvalue weighted by Crippen LogP contribution is -2.34. The maximum Gasteiger partial charge on any atom is 0.232 e. The van der Waals surface area contributed by atoms with Gasteiger partial charge in [-0.05, 0) is 25.7 Å². The molecule has 7 heteroatoms. The number of aromatic nitrogens is 2. The van der Waals surface area contributed by atoms with Gasteiger partial charge in [-0.15, -0.1) is 0 Å². The highest BCUT2D eigenvalue weighted by molar-refractivity contribution is 7.92. The lowest BCUT2D eigenvalue weighted by atomic mass is 10.00. The van der Waals surface area contributed by atoms with Gasteiger partial charge < -0.3 is 4.90 Å². The zero-order valence-electron chi connectivity index (χ0n) is 11.3. The van der Waals surface area contributed by atoms with Crippen molar-refractivity contribution < 1.29 is 8.42 Å². The Kier molecular flexibility index (Phi) is 4.24. The molecule has 106 valence electrons. The molecule has 2 heterocycles. The van der Waals surface area contributed by atoms with Crippen LogP contribution in [0.5, 0.6) is 0 Å². The zero-order valence-corrected chi connectivity index (χ0v) is 12.2. The summed E-state index contributed by atoms with van der Waals surface area (Å²) in [5.74, 6) is 1.47. The lowest BCUT2D eigenvalue weighted by Gasteiger charge is -2.30. The highest BCUT2D eigenvalue weighted by atomic mass is 32.2. The van der Waals surface area contributed by atoms with E-state index in [1.807, 2.05) is 0 Å². The molecule has 1 aromatic rings. The molecule has 0 spiro atoms. The smallest absolute Gasteiger partial charge is 0.232 e. The van der Waals surface area contributed by atoms with Crippen LogP contribution >= 0.6 is 0 Å². The average molecular weight is 284 g/mol. The summed E-state index contributed by atoms with van der Waals surface area (Å²) in [6.45, 7) is 5.76. The third-order valence-corrected chi connectivity index (χ3v) is 4.66. The van der Waals surface area contributed by atoms with E-state index in [1.54, 1.807) is 6.92 Å². The second-order valence-electron chi connectivity index (χ2n) is 4.95. The van der Waals surface area contributed by atoms with Gasteiger partial charge in [-0.3, -0.25) is 4.72 Å². The van der Waals surface area contributed by atoms with Gasteiger partial charge in [0.05, 0.1) is 23.8 Å². The molecule has 0 aliphatic carbocycles. The molecular formula is C12H20N4O2S. The summed E-state index contributed by atoms with van der Waals surface area (Å²) in [4.78, 5) is 10.6. The Balaban J connectivity index is 2.02. The first-order valence-electron chi connectivity index (χ1n) is 6.57. The quantitative estimate of drug-likeness (QED) is 0.906. The van der Waals surface area contributed by atoms with Gasteiger partial charge in [-0.2, -0.15) is 0 Å². The fourth-order valence-corrected chi connectivity index (χ4v) is 2.61. The van der Waals surface area contributed by atoms with E-state index >= 15 is 0 Å². The number of nitrogens with zero attached hydrogens (tertiary/aromatic N) is 3. The highest BCUT2D eigenvalue weighted by Gasteiger charge is 2.18. The first-order valence-corrected chi connectivity index (χ1v) is 8.23. The number of sulfonamides is 1. The number of piperidine rings is 1. The van der Waals surface area contributed by atoms with E-state index in [0.717, 1.165) is 31.8 Å². The van der Waals surface area contributed by atoms with Crippen LogP contribution in [0.2, 0.25) is 0 Å². The van der Waals surface area contributed by atoms with Crippen LogP contribution in [0.4, 0.5) is 11.6 Å². The highest BCUT2D eigenvalue weighted by Crippen LogP contribution is 2.20. The Morgan fingerprint density at radius 2 is 1.89 bits per heavy atom. The predicted molar refractivity (Wildman–Crippen MR) is 75.7 cm³/mol. The molecule has 0 unspecified atom stereocenters. The van der Waals surface area contributed by atoms with Gasteiger partial charge in [-0.1, -0.05) is 6.92 Å². The van der Waals surface area contributed by atoms with Crippen LogP contribution in [0.3, 0.4) is 0 Å². The van der Waals surface area contributed by atoms with Gasteiger partial charge in [0.2, 0.25) is 16.0 Å². The van der Waals surface area contributed by atoms with Gasteiger partial charge in [0.25, 0.3) is 0 Å². The minimum absolute atomic E-state index is 0.0404.